The van der Waals surface area contributed by atoms with Crippen molar-refractivity contribution < 1.29 is 9.47 Å². The molecule has 0 aromatic heterocycles. The van der Waals surface area contributed by atoms with Crippen molar-refractivity contribution in [2.45, 2.75) is 38.3 Å². The average molecular weight is 518 g/mol. The molecule has 1 aliphatic rings. The van der Waals surface area contributed by atoms with Gasteiger partial charge in [-0.05, 0) is 44.8 Å². The van der Waals surface area contributed by atoms with Crippen LogP contribution in [-0.4, -0.2) is 82.5 Å². The molecule has 0 atom stereocenters. The molecule has 1 heterocycles. The van der Waals surface area contributed by atoms with Crippen molar-refractivity contribution in [1.82, 2.24) is 15.1 Å². The van der Waals surface area contributed by atoms with Gasteiger partial charge in [0, 0.05) is 53.6 Å². The third-order valence-corrected chi connectivity index (χ3v) is 5.09. The molecule has 1 aromatic carbocycles. The average Bonchev–Trinajstić information content (AvgIpc) is 2.73. The highest BCUT2D eigenvalue weighted by Crippen LogP contribution is 2.14. The van der Waals surface area contributed by atoms with E-state index in [-0.39, 0.29) is 24.0 Å². The number of nitrogens with one attached hydrogen (secondary N) is 1. The van der Waals surface area contributed by atoms with Crippen molar-refractivity contribution in [3.8, 4) is 0 Å². The molecule has 2 rings (SSSR count). The lowest BCUT2D eigenvalue weighted by molar-refractivity contribution is 0.00991. The summed E-state index contributed by atoms with van der Waals surface area (Å²) in [5.74, 6) is 1.02. The first-order valence-corrected chi connectivity index (χ1v) is 10.5. The summed E-state index contributed by atoms with van der Waals surface area (Å²) >= 11 is 0. The number of piperidine rings is 1. The summed E-state index contributed by atoms with van der Waals surface area (Å²) in [6.45, 7) is 6.58. The van der Waals surface area contributed by atoms with E-state index in [9.17, 15) is 0 Å². The first-order chi connectivity index (χ1) is 13.7. The number of rotatable bonds is 11. The Morgan fingerprint density at radius 3 is 2.55 bits per heavy atom. The van der Waals surface area contributed by atoms with E-state index in [0.29, 0.717) is 6.10 Å². The Balaban J connectivity index is 0.00000420. The zero-order valence-electron chi connectivity index (χ0n) is 18.3. The largest absolute Gasteiger partial charge is 0.385 e. The van der Waals surface area contributed by atoms with Gasteiger partial charge in [-0.25, -0.2) is 0 Å². The maximum atomic E-state index is 5.95. The Kier molecular flexibility index (Phi) is 14.3. The van der Waals surface area contributed by atoms with Gasteiger partial charge in [0.05, 0.1) is 6.10 Å². The zero-order chi connectivity index (χ0) is 20.0. The second kappa shape index (κ2) is 15.9. The highest BCUT2D eigenvalue weighted by Gasteiger charge is 2.21. The minimum atomic E-state index is 0. The standard InChI is InChI=1S/C22H38N4O2.HI/c1-23-22(26-15-11-21(12-16-26)28-18-8-17-27-3)24-13-7-14-25(2)19-20-9-5-4-6-10-20;/h4-6,9-10,21H,7-8,11-19H2,1-3H3,(H,23,24);1H. The van der Waals surface area contributed by atoms with Crippen LogP contribution in [0.5, 0.6) is 0 Å². The van der Waals surface area contributed by atoms with Crippen molar-refractivity contribution in [3.05, 3.63) is 35.9 Å². The first kappa shape index (κ1) is 26.1. The van der Waals surface area contributed by atoms with Crippen LogP contribution in [0.4, 0.5) is 0 Å². The number of nitrogens with zero attached hydrogens (tertiary/aromatic N) is 3. The van der Waals surface area contributed by atoms with Crippen molar-refractivity contribution in [3.63, 3.8) is 0 Å². The van der Waals surface area contributed by atoms with Gasteiger partial charge in [0.25, 0.3) is 0 Å². The van der Waals surface area contributed by atoms with E-state index in [0.717, 1.165) is 77.6 Å². The van der Waals surface area contributed by atoms with E-state index in [1.165, 1.54) is 5.56 Å². The summed E-state index contributed by atoms with van der Waals surface area (Å²) in [5.41, 5.74) is 1.36. The monoisotopic (exact) mass is 518 g/mol. The Hall–Kier alpha value is -0.900. The van der Waals surface area contributed by atoms with Crippen molar-refractivity contribution in [1.29, 1.82) is 0 Å². The number of halogens is 1. The van der Waals surface area contributed by atoms with Gasteiger partial charge in [0.1, 0.15) is 0 Å². The van der Waals surface area contributed by atoms with Crippen LogP contribution in [0.3, 0.4) is 0 Å². The molecular weight excluding hydrogens is 479 g/mol. The van der Waals surface area contributed by atoms with Gasteiger partial charge in [0.2, 0.25) is 0 Å². The van der Waals surface area contributed by atoms with E-state index in [1.54, 1.807) is 7.11 Å². The quantitative estimate of drug-likeness (QED) is 0.211. The molecule has 1 aliphatic heterocycles. The molecule has 0 saturated carbocycles. The Morgan fingerprint density at radius 2 is 1.90 bits per heavy atom. The molecule has 0 bridgehead atoms. The second-order valence-electron chi connectivity index (χ2n) is 7.45. The minimum Gasteiger partial charge on any atom is -0.385 e. The Bertz CT molecular complexity index is 551. The molecule has 166 valence electrons. The fourth-order valence-electron chi connectivity index (χ4n) is 3.54. The molecule has 6 nitrogen and oxygen atoms in total. The van der Waals surface area contributed by atoms with Crippen LogP contribution in [0, 0.1) is 0 Å². The lowest BCUT2D eigenvalue weighted by Gasteiger charge is -2.34. The van der Waals surface area contributed by atoms with E-state index >= 15 is 0 Å². The van der Waals surface area contributed by atoms with E-state index in [2.05, 4.69) is 57.5 Å². The van der Waals surface area contributed by atoms with Crippen molar-refractivity contribution in [2.24, 2.45) is 4.99 Å². The summed E-state index contributed by atoms with van der Waals surface area (Å²) in [4.78, 5) is 9.19. The molecule has 29 heavy (non-hydrogen) atoms. The van der Waals surface area contributed by atoms with E-state index < -0.39 is 0 Å². The first-order valence-electron chi connectivity index (χ1n) is 10.5. The van der Waals surface area contributed by atoms with Crippen LogP contribution in [0.15, 0.2) is 35.3 Å². The van der Waals surface area contributed by atoms with Crippen LogP contribution in [0.2, 0.25) is 0 Å². The lowest BCUT2D eigenvalue weighted by atomic mass is 10.1. The molecule has 1 fully saturated rings. The highest BCUT2D eigenvalue weighted by molar-refractivity contribution is 14.0. The van der Waals surface area contributed by atoms with Gasteiger partial charge < -0.3 is 24.6 Å². The predicted octanol–water partition coefficient (Wildman–Crippen LogP) is 3.22. The molecule has 0 amide bonds. The number of likely N-dealkylation sites (tertiary alicyclic amines) is 1. The topological polar surface area (TPSA) is 49.3 Å². The van der Waals surface area contributed by atoms with Crippen molar-refractivity contribution >= 4 is 29.9 Å². The van der Waals surface area contributed by atoms with E-state index in [4.69, 9.17) is 9.47 Å². The van der Waals surface area contributed by atoms with Crippen LogP contribution in [-0.2, 0) is 16.0 Å². The number of aliphatic imine (C=N–C) groups is 1. The Morgan fingerprint density at radius 1 is 1.17 bits per heavy atom. The third kappa shape index (κ3) is 10.6. The van der Waals surface area contributed by atoms with E-state index in [1.807, 2.05) is 7.05 Å². The maximum absolute atomic E-state index is 5.95. The predicted molar refractivity (Wildman–Crippen MR) is 131 cm³/mol. The van der Waals surface area contributed by atoms with Crippen LogP contribution in [0.25, 0.3) is 0 Å². The molecule has 1 saturated heterocycles. The minimum absolute atomic E-state index is 0. The lowest BCUT2D eigenvalue weighted by Crippen LogP contribution is -2.47. The summed E-state index contributed by atoms with van der Waals surface area (Å²) < 4.78 is 11.0. The van der Waals surface area contributed by atoms with Gasteiger partial charge >= 0.3 is 0 Å². The summed E-state index contributed by atoms with van der Waals surface area (Å²) in [6, 6.07) is 10.6. The number of hydrogen-bond donors (Lipinski definition) is 1. The van der Waals surface area contributed by atoms with Gasteiger partial charge in [-0.3, -0.25) is 4.99 Å². The molecule has 1 aromatic rings. The molecule has 0 aliphatic carbocycles. The fourth-order valence-corrected chi connectivity index (χ4v) is 3.54. The highest BCUT2D eigenvalue weighted by atomic mass is 127. The maximum Gasteiger partial charge on any atom is 0.193 e. The molecule has 0 spiro atoms. The zero-order valence-corrected chi connectivity index (χ0v) is 20.6. The number of guanidine groups is 1. The molecule has 0 unspecified atom stereocenters. The molecule has 7 heteroatoms. The second-order valence-corrected chi connectivity index (χ2v) is 7.45. The molecule has 0 radical (unpaired) electrons. The van der Waals surface area contributed by atoms with Crippen molar-refractivity contribution in [2.75, 3.05) is 60.6 Å². The number of hydrogen-bond acceptors (Lipinski definition) is 4. The normalized spacial score (nSPS) is 15.4. The molecule has 1 N–H and O–H groups in total. The summed E-state index contributed by atoms with van der Waals surface area (Å²) in [7, 11) is 5.79. The van der Waals surface area contributed by atoms with Gasteiger partial charge in [0.15, 0.2) is 5.96 Å². The smallest absolute Gasteiger partial charge is 0.193 e. The fraction of sp³-hybridized carbons (Fsp3) is 0.682. The molecular formula is C22H39IN4O2. The number of ether oxygens (including phenoxy) is 2. The Labute approximate surface area is 194 Å². The number of benzene rings is 1. The number of methoxy groups -OCH3 is 1. The van der Waals surface area contributed by atoms with Gasteiger partial charge in [-0.2, -0.15) is 0 Å². The summed E-state index contributed by atoms with van der Waals surface area (Å²) in [5, 5.41) is 3.53. The van der Waals surface area contributed by atoms with Crippen LogP contribution >= 0.6 is 24.0 Å². The van der Waals surface area contributed by atoms with Gasteiger partial charge in [-0.1, -0.05) is 30.3 Å². The summed E-state index contributed by atoms with van der Waals surface area (Å²) in [6.07, 6.45) is 4.57. The van der Waals surface area contributed by atoms with Gasteiger partial charge in [-0.15, -0.1) is 24.0 Å². The third-order valence-electron chi connectivity index (χ3n) is 5.09. The van der Waals surface area contributed by atoms with Crippen LogP contribution < -0.4 is 5.32 Å². The van der Waals surface area contributed by atoms with Crippen LogP contribution in [0.1, 0.15) is 31.2 Å². The SMILES string of the molecule is CN=C(NCCCN(C)Cc1ccccc1)N1CCC(OCCCOC)CC1.I.